The Balaban J connectivity index is 2.49. The second-order valence-electron chi connectivity index (χ2n) is 5.42. The molecule has 1 aromatic rings. The van der Waals surface area contributed by atoms with Crippen molar-refractivity contribution in [3.8, 4) is 5.75 Å². The van der Waals surface area contributed by atoms with Crippen LogP contribution in [0.1, 0.15) is 20.8 Å². The van der Waals surface area contributed by atoms with E-state index in [9.17, 15) is 0 Å². The molecular weight excluding hydrogens is 276 g/mol. The van der Waals surface area contributed by atoms with Gasteiger partial charge in [0, 0.05) is 17.8 Å². The molecule has 0 saturated heterocycles. The Labute approximate surface area is 125 Å². The number of halogens is 1. The minimum Gasteiger partial charge on any atom is -0.495 e. The van der Waals surface area contributed by atoms with Gasteiger partial charge in [-0.15, -0.1) is 0 Å². The van der Waals surface area contributed by atoms with E-state index >= 15 is 0 Å². The Morgan fingerprint density at radius 3 is 2.65 bits per heavy atom. The van der Waals surface area contributed by atoms with Crippen LogP contribution >= 0.6 is 11.6 Å². The van der Waals surface area contributed by atoms with Crippen LogP contribution in [0.25, 0.3) is 0 Å². The van der Waals surface area contributed by atoms with E-state index in [-0.39, 0.29) is 5.54 Å². The Morgan fingerprint density at radius 2 is 2.10 bits per heavy atom. The van der Waals surface area contributed by atoms with Crippen LogP contribution in [0, 0.1) is 0 Å². The standard InChI is InChI=1S/C14H23ClN4O/c1-14(2,3)18-8-7-17-13(16)19-10-5-6-12(20-4)11(15)9-10/h5-6,9,18H,7-8H2,1-4H3,(H3,16,17,19). The number of anilines is 1. The summed E-state index contributed by atoms with van der Waals surface area (Å²) in [5.41, 5.74) is 6.68. The van der Waals surface area contributed by atoms with Crippen LogP contribution in [-0.4, -0.2) is 31.7 Å². The number of rotatable bonds is 5. The molecule has 1 rings (SSSR count). The number of methoxy groups -OCH3 is 1. The molecule has 6 heteroatoms. The van der Waals surface area contributed by atoms with Gasteiger partial charge in [0.2, 0.25) is 0 Å². The number of hydrogen-bond donors (Lipinski definition) is 3. The van der Waals surface area contributed by atoms with Gasteiger partial charge in [-0.1, -0.05) is 11.6 Å². The van der Waals surface area contributed by atoms with Gasteiger partial charge in [-0.25, -0.2) is 0 Å². The number of nitrogens with two attached hydrogens (primary N) is 1. The first kappa shape index (κ1) is 16.6. The molecule has 0 spiro atoms. The van der Waals surface area contributed by atoms with E-state index in [1.54, 1.807) is 19.2 Å². The van der Waals surface area contributed by atoms with E-state index in [2.05, 4.69) is 36.4 Å². The lowest BCUT2D eigenvalue weighted by molar-refractivity contribution is 0.415. The summed E-state index contributed by atoms with van der Waals surface area (Å²) < 4.78 is 5.09. The molecule has 1 aromatic carbocycles. The van der Waals surface area contributed by atoms with Gasteiger partial charge >= 0.3 is 0 Å². The molecule has 0 aliphatic carbocycles. The van der Waals surface area contributed by atoms with Gasteiger partial charge in [-0.3, -0.25) is 4.99 Å². The number of benzene rings is 1. The molecule has 20 heavy (non-hydrogen) atoms. The molecule has 112 valence electrons. The van der Waals surface area contributed by atoms with Crippen molar-refractivity contribution in [2.24, 2.45) is 10.7 Å². The predicted octanol–water partition coefficient (Wildman–Crippen LogP) is 2.46. The first-order valence-corrected chi connectivity index (χ1v) is 6.85. The number of hydrogen-bond acceptors (Lipinski definition) is 3. The van der Waals surface area contributed by atoms with Crippen molar-refractivity contribution in [2.75, 3.05) is 25.5 Å². The van der Waals surface area contributed by atoms with E-state index < -0.39 is 0 Å². The molecule has 0 bridgehead atoms. The summed E-state index contributed by atoms with van der Waals surface area (Å²) in [7, 11) is 1.58. The van der Waals surface area contributed by atoms with Crippen LogP contribution in [0.15, 0.2) is 23.2 Å². The van der Waals surface area contributed by atoms with Crippen LogP contribution in [0.3, 0.4) is 0 Å². The van der Waals surface area contributed by atoms with E-state index in [4.69, 9.17) is 22.1 Å². The zero-order valence-corrected chi connectivity index (χ0v) is 13.2. The van der Waals surface area contributed by atoms with Crippen LogP contribution < -0.4 is 21.1 Å². The van der Waals surface area contributed by atoms with E-state index in [1.165, 1.54) is 0 Å². The third-order valence-corrected chi connectivity index (χ3v) is 2.77. The molecule has 4 N–H and O–H groups in total. The van der Waals surface area contributed by atoms with Crippen molar-refractivity contribution in [3.63, 3.8) is 0 Å². The highest BCUT2D eigenvalue weighted by molar-refractivity contribution is 6.32. The molecule has 0 atom stereocenters. The van der Waals surface area contributed by atoms with Crippen molar-refractivity contribution in [2.45, 2.75) is 26.3 Å². The Morgan fingerprint density at radius 1 is 1.40 bits per heavy atom. The fourth-order valence-corrected chi connectivity index (χ4v) is 1.80. The number of aliphatic imine (C=N–C) groups is 1. The highest BCUT2D eigenvalue weighted by atomic mass is 35.5. The van der Waals surface area contributed by atoms with Gasteiger partial charge in [-0.05, 0) is 39.0 Å². The van der Waals surface area contributed by atoms with Crippen molar-refractivity contribution in [1.82, 2.24) is 5.32 Å². The Kier molecular flexibility index (Phi) is 6.10. The topological polar surface area (TPSA) is 71.7 Å². The molecular formula is C14H23ClN4O. The summed E-state index contributed by atoms with van der Waals surface area (Å²) in [6.45, 7) is 7.71. The van der Waals surface area contributed by atoms with Crippen molar-refractivity contribution >= 4 is 23.2 Å². The summed E-state index contributed by atoms with van der Waals surface area (Å²) in [6.07, 6.45) is 0. The largest absolute Gasteiger partial charge is 0.495 e. The first-order chi connectivity index (χ1) is 9.31. The SMILES string of the molecule is COc1ccc(NC(N)=NCCNC(C)(C)C)cc1Cl. The highest BCUT2D eigenvalue weighted by Crippen LogP contribution is 2.26. The lowest BCUT2D eigenvalue weighted by atomic mass is 10.1. The lowest BCUT2D eigenvalue weighted by Crippen LogP contribution is -2.37. The summed E-state index contributed by atoms with van der Waals surface area (Å²) in [6, 6.07) is 5.36. The Bertz CT molecular complexity index is 469. The minimum absolute atomic E-state index is 0.0845. The molecule has 5 nitrogen and oxygen atoms in total. The van der Waals surface area contributed by atoms with Gasteiger partial charge in [0.15, 0.2) is 5.96 Å². The molecule has 0 saturated carbocycles. The minimum atomic E-state index is 0.0845. The summed E-state index contributed by atoms with van der Waals surface area (Å²) in [4.78, 5) is 4.24. The summed E-state index contributed by atoms with van der Waals surface area (Å²) in [5, 5.41) is 6.86. The normalized spacial score (nSPS) is 12.3. The number of guanidine groups is 1. The zero-order valence-electron chi connectivity index (χ0n) is 12.5. The highest BCUT2D eigenvalue weighted by Gasteiger charge is 2.07. The van der Waals surface area contributed by atoms with Crippen LogP contribution in [-0.2, 0) is 0 Å². The van der Waals surface area contributed by atoms with Gasteiger partial charge in [0.05, 0.1) is 18.7 Å². The third-order valence-electron chi connectivity index (χ3n) is 2.47. The summed E-state index contributed by atoms with van der Waals surface area (Å²) >= 11 is 6.03. The molecule has 0 aromatic heterocycles. The molecule has 0 aliphatic heterocycles. The van der Waals surface area contributed by atoms with Crippen molar-refractivity contribution in [3.05, 3.63) is 23.2 Å². The number of ether oxygens (including phenoxy) is 1. The van der Waals surface area contributed by atoms with Crippen LogP contribution in [0.2, 0.25) is 5.02 Å². The zero-order chi connectivity index (χ0) is 15.2. The number of nitrogens with one attached hydrogen (secondary N) is 2. The average molecular weight is 299 g/mol. The maximum Gasteiger partial charge on any atom is 0.193 e. The van der Waals surface area contributed by atoms with E-state index in [1.807, 2.05) is 6.07 Å². The van der Waals surface area contributed by atoms with Gasteiger partial charge in [0.25, 0.3) is 0 Å². The Hall–Kier alpha value is -1.46. The molecule has 0 heterocycles. The first-order valence-electron chi connectivity index (χ1n) is 6.47. The number of nitrogens with zero attached hydrogens (tertiary/aromatic N) is 1. The monoisotopic (exact) mass is 298 g/mol. The van der Waals surface area contributed by atoms with Gasteiger partial charge < -0.3 is 21.1 Å². The quantitative estimate of drug-likeness (QED) is 0.444. The van der Waals surface area contributed by atoms with Gasteiger partial charge in [0.1, 0.15) is 5.75 Å². The molecule has 0 unspecified atom stereocenters. The molecule has 0 radical (unpaired) electrons. The maximum absolute atomic E-state index is 6.03. The van der Waals surface area contributed by atoms with E-state index in [0.29, 0.717) is 23.3 Å². The van der Waals surface area contributed by atoms with Crippen LogP contribution in [0.5, 0.6) is 5.75 Å². The fourth-order valence-electron chi connectivity index (χ4n) is 1.54. The molecule has 0 aliphatic rings. The molecule has 0 amide bonds. The van der Waals surface area contributed by atoms with Crippen molar-refractivity contribution in [1.29, 1.82) is 0 Å². The van der Waals surface area contributed by atoms with E-state index in [0.717, 1.165) is 12.2 Å². The maximum atomic E-state index is 6.03. The average Bonchev–Trinajstić information content (AvgIpc) is 2.34. The second-order valence-corrected chi connectivity index (χ2v) is 5.83. The predicted molar refractivity (Wildman–Crippen MR) is 85.9 cm³/mol. The molecule has 0 fully saturated rings. The lowest BCUT2D eigenvalue weighted by Gasteiger charge is -2.19. The van der Waals surface area contributed by atoms with Gasteiger partial charge in [-0.2, -0.15) is 0 Å². The van der Waals surface area contributed by atoms with Crippen molar-refractivity contribution < 1.29 is 4.74 Å². The third kappa shape index (κ3) is 6.12. The fraction of sp³-hybridized carbons (Fsp3) is 0.500. The van der Waals surface area contributed by atoms with Crippen LogP contribution in [0.4, 0.5) is 5.69 Å². The summed E-state index contributed by atoms with van der Waals surface area (Å²) in [5.74, 6) is 0.990. The smallest absolute Gasteiger partial charge is 0.193 e. The second kappa shape index (κ2) is 7.36.